The van der Waals surface area contributed by atoms with E-state index >= 15 is 0 Å². The molecule has 0 aliphatic heterocycles. The smallest absolute Gasteiger partial charge is 0.472 e. The van der Waals surface area contributed by atoms with E-state index in [9.17, 15) is 23.8 Å². The van der Waals surface area contributed by atoms with Crippen molar-refractivity contribution in [2.75, 3.05) is 19.8 Å². The second-order valence-corrected chi connectivity index (χ2v) is 14.8. The van der Waals surface area contributed by atoms with Crippen LogP contribution in [0.25, 0.3) is 0 Å². The Morgan fingerprint density at radius 2 is 0.948 bits per heavy atom. The lowest BCUT2D eigenvalue weighted by Crippen LogP contribution is -2.34. The Morgan fingerprint density at radius 3 is 1.38 bits per heavy atom. The molecule has 0 heterocycles. The second kappa shape index (κ2) is 39.9. The summed E-state index contributed by atoms with van der Waals surface area (Å²) >= 11 is 0. The van der Waals surface area contributed by atoms with Crippen LogP contribution in [0, 0.1) is 0 Å². The lowest BCUT2D eigenvalue weighted by molar-refractivity contribution is -0.161. The van der Waals surface area contributed by atoms with E-state index in [0.717, 1.165) is 57.8 Å². The fourth-order valence-electron chi connectivity index (χ4n) is 4.74. The van der Waals surface area contributed by atoms with E-state index in [2.05, 4.69) is 103 Å². The van der Waals surface area contributed by atoms with Crippen LogP contribution in [0.1, 0.15) is 129 Å². The van der Waals surface area contributed by atoms with Crippen LogP contribution in [0.5, 0.6) is 0 Å². The van der Waals surface area contributed by atoms with Crippen molar-refractivity contribution < 1.29 is 47.5 Å². The van der Waals surface area contributed by atoms with Crippen molar-refractivity contribution in [1.29, 1.82) is 0 Å². The molecule has 326 valence electrons. The Bertz CT molecular complexity index is 1390. The van der Waals surface area contributed by atoms with Gasteiger partial charge in [0, 0.05) is 12.8 Å². The summed E-state index contributed by atoms with van der Waals surface area (Å²) in [5.74, 6) is -2.55. The van der Waals surface area contributed by atoms with E-state index in [0.29, 0.717) is 25.7 Å². The monoisotopic (exact) mass is 829 g/mol. The normalized spacial score (nSPS) is 14.8. The van der Waals surface area contributed by atoms with E-state index < -0.39 is 57.7 Å². The molecule has 0 aliphatic carbocycles. The molecule has 11 nitrogen and oxygen atoms in total. The van der Waals surface area contributed by atoms with E-state index in [1.807, 2.05) is 24.3 Å². The first-order valence-electron chi connectivity index (χ1n) is 20.9. The van der Waals surface area contributed by atoms with Crippen molar-refractivity contribution in [3.05, 3.63) is 109 Å². The SMILES string of the molecule is CC/C=C/C/C=C/C/C=C/C/C=C/C/C=C/CCCC(=O)O[C@H](COC(=O)CCC/C=C/C/C=C/C/C=C/C/C=C/CCCCC)COP(=O)(O)OC[C@H](N)C(=O)O. The van der Waals surface area contributed by atoms with Crippen LogP contribution in [-0.4, -0.2) is 59.9 Å². The number of carbonyl (C=O) groups is 3. The number of phosphoric ester groups is 1. The number of phosphoric acid groups is 1. The highest BCUT2D eigenvalue weighted by Crippen LogP contribution is 2.43. The van der Waals surface area contributed by atoms with E-state index in [-0.39, 0.29) is 12.8 Å². The summed E-state index contributed by atoms with van der Waals surface area (Å²) in [7, 11) is -4.75. The highest BCUT2D eigenvalue weighted by molar-refractivity contribution is 7.47. The molecule has 0 bridgehead atoms. The summed E-state index contributed by atoms with van der Waals surface area (Å²) in [5.41, 5.74) is 5.32. The topological polar surface area (TPSA) is 172 Å². The zero-order chi connectivity index (χ0) is 42.8. The maximum atomic E-state index is 12.6. The van der Waals surface area contributed by atoms with Crippen LogP contribution >= 0.6 is 7.82 Å². The van der Waals surface area contributed by atoms with Crippen molar-refractivity contribution in [2.45, 2.75) is 142 Å². The average molecular weight is 830 g/mol. The number of rotatable bonds is 37. The maximum Gasteiger partial charge on any atom is 0.472 e. The molecule has 0 aromatic carbocycles. The van der Waals surface area contributed by atoms with Crippen molar-refractivity contribution in [3.63, 3.8) is 0 Å². The zero-order valence-electron chi connectivity index (χ0n) is 35.1. The van der Waals surface area contributed by atoms with Crippen LogP contribution < -0.4 is 5.73 Å². The molecular formula is C46H72NO10P. The number of carboxylic acid groups (broad SMARTS) is 1. The van der Waals surface area contributed by atoms with Crippen molar-refractivity contribution >= 4 is 25.7 Å². The van der Waals surface area contributed by atoms with Crippen LogP contribution in [-0.2, 0) is 37.5 Å². The van der Waals surface area contributed by atoms with Gasteiger partial charge in [-0.2, -0.15) is 0 Å². The summed E-state index contributed by atoms with van der Waals surface area (Å²) in [6.07, 6.45) is 51.7. The predicted molar refractivity (Wildman–Crippen MR) is 235 cm³/mol. The van der Waals surface area contributed by atoms with Gasteiger partial charge in [-0.25, -0.2) is 4.57 Å². The minimum Gasteiger partial charge on any atom is -0.480 e. The minimum atomic E-state index is -4.75. The third kappa shape index (κ3) is 39.0. The molecule has 4 N–H and O–H groups in total. The highest BCUT2D eigenvalue weighted by atomic mass is 31.2. The van der Waals surface area contributed by atoms with E-state index in [1.54, 1.807) is 0 Å². The van der Waals surface area contributed by atoms with Gasteiger partial charge in [-0.3, -0.25) is 23.4 Å². The van der Waals surface area contributed by atoms with Gasteiger partial charge in [0.25, 0.3) is 0 Å². The fraction of sp³-hybridized carbons (Fsp3) is 0.543. The van der Waals surface area contributed by atoms with Crippen LogP contribution in [0.3, 0.4) is 0 Å². The summed E-state index contributed by atoms with van der Waals surface area (Å²) < 4.78 is 32.5. The molecule has 0 fully saturated rings. The van der Waals surface area contributed by atoms with Gasteiger partial charge < -0.3 is 25.2 Å². The molecule has 0 radical (unpaired) electrons. The van der Waals surface area contributed by atoms with E-state index in [4.69, 9.17) is 24.8 Å². The predicted octanol–water partition coefficient (Wildman–Crippen LogP) is 11.1. The largest absolute Gasteiger partial charge is 0.480 e. The summed E-state index contributed by atoms with van der Waals surface area (Å²) in [6.45, 7) is 2.51. The van der Waals surface area contributed by atoms with Gasteiger partial charge in [0.2, 0.25) is 0 Å². The molecule has 0 saturated carbocycles. The lowest BCUT2D eigenvalue weighted by atomic mass is 10.2. The fourth-order valence-corrected chi connectivity index (χ4v) is 5.52. The minimum absolute atomic E-state index is 0.0641. The number of unbranched alkanes of at least 4 members (excludes halogenated alkanes) is 5. The van der Waals surface area contributed by atoms with Gasteiger partial charge in [0.15, 0.2) is 6.10 Å². The molecule has 0 rings (SSSR count). The quantitative estimate of drug-likeness (QED) is 0.0235. The highest BCUT2D eigenvalue weighted by Gasteiger charge is 2.28. The number of carboxylic acids is 1. The Kier molecular flexibility index (Phi) is 37.3. The molecule has 0 saturated heterocycles. The Morgan fingerprint density at radius 1 is 0.552 bits per heavy atom. The average Bonchev–Trinajstić information content (AvgIpc) is 3.20. The molecule has 3 atom stereocenters. The second-order valence-electron chi connectivity index (χ2n) is 13.4. The molecule has 0 aliphatic rings. The third-order valence-electron chi connectivity index (χ3n) is 8.00. The number of aliphatic carboxylic acids is 1. The molecule has 1 unspecified atom stereocenters. The molecule has 58 heavy (non-hydrogen) atoms. The number of allylic oxidation sites excluding steroid dienone is 18. The number of esters is 2. The molecule has 0 spiro atoms. The third-order valence-corrected chi connectivity index (χ3v) is 8.96. The summed E-state index contributed by atoms with van der Waals surface area (Å²) in [4.78, 5) is 45.9. The standard InChI is InChI=1S/C46H72NO10P/c1-3-5-7-9-11-13-15-17-19-21-23-25-27-29-31-33-35-37-44(48)54-39-42(40-55-58(52,53)56-41-43(47)46(50)51)57-45(49)38-36-34-32-30-28-26-24-22-20-18-16-14-12-10-8-6-4-2/h6,8,11-14,17-20,23-26,29-32,42-43H,3-5,7,9-10,15-16,21-22,27-28,33-41,47H2,1-2H3,(H,50,51)(H,52,53)/b8-6+,13-11+,14-12+,19-17+,20-18+,25-23+,26-24+,31-29+,32-30+/t42-,43+/m1/s1. The van der Waals surface area contributed by atoms with Crippen LogP contribution in [0.2, 0.25) is 0 Å². The van der Waals surface area contributed by atoms with E-state index in [1.165, 1.54) is 19.3 Å². The molecule has 0 aromatic rings. The zero-order valence-corrected chi connectivity index (χ0v) is 36.0. The van der Waals surface area contributed by atoms with Crippen molar-refractivity contribution in [1.82, 2.24) is 0 Å². The molecule has 0 aromatic heterocycles. The number of hydrogen-bond donors (Lipinski definition) is 3. The number of ether oxygens (including phenoxy) is 2. The number of carbonyl (C=O) groups excluding carboxylic acids is 2. The Labute approximate surface area is 348 Å². The first-order valence-corrected chi connectivity index (χ1v) is 22.4. The van der Waals surface area contributed by atoms with Gasteiger partial charge in [-0.15, -0.1) is 0 Å². The number of nitrogens with two attached hydrogens (primary N) is 1. The Balaban J connectivity index is 4.61. The van der Waals surface area contributed by atoms with Gasteiger partial charge in [-0.05, 0) is 89.9 Å². The van der Waals surface area contributed by atoms with Crippen LogP contribution in [0.15, 0.2) is 109 Å². The van der Waals surface area contributed by atoms with Crippen molar-refractivity contribution in [2.24, 2.45) is 5.73 Å². The van der Waals surface area contributed by atoms with Gasteiger partial charge in [0.05, 0.1) is 13.2 Å². The van der Waals surface area contributed by atoms with Gasteiger partial charge in [0.1, 0.15) is 12.6 Å². The first-order chi connectivity index (χ1) is 28.1. The number of hydrogen-bond acceptors (Lipinski definition) is 9. The van der Waals surface area contributed by atoms with Crippen LogP contribution in [0.4, 0.5) is 0 Å². The summed E-state index contributed by atoms with van der Waals surface area (Å²) in [5, 5.41) is 8.88. The maximum absolute atomic E-state index is 12.6. The molecule has 0 amide bonds. The van der Waals surface area contributed by atoms with Gasteiger partial charge in [-0.1, -0.05) is 136 Å². The Hall–Kier alpha value is -3.86. The lowest BCUT2D eigenvalue weighted by Gasteiger charge is -2.20. The first kappa shape index (κ1) is 54.1. The van der Waals surface area contributed by atoms with Crippen molar-refractivity contribution in [3.8, 4) is 0 Å². The molecular weight excluding hydrogens is 757 g/mol. The summed E-state index contributed by atoms with van der Waals surface area (Å²) in [6, 6.07) is -1.54. The molecule has 12 heteroatoms. The van der Waals surface area contributed by atoms with Gasteiger partial charge >= 0.3 is 25.7 Å².